The fraction of sp³-hybridized carbons (Fsp3) is 0.0556. The average molecular weight is 411 g/mol. The molecule has 1 aromatic carbocycles. The molecule has 0 aliphatic carbocycles. The quantitative estimate of drug-likeness (QED) is 0.291. The van der Waals surface area contributed by atoms with Gasteiger partial charge < -0.3 is 5.32 Å². The summed E-state index contributed by atoms with van der Waals surface area (Å²) in [4.78, 5) is 31.4. The van der Waals surface area contributed by atoms with Crippen molar-refractivity contribution in [2.45, 2.75) is 5.16 Å². The van der Waals surface area contributed by atoms with Crippen LogP contribution in [0.5, 0.6) is 0 Å². The number of benzene rings is 1. The largest absolute Gasteiger partial charge is 0.301 e. The van der Waals surface area contributed by atoms with Gasteiger partial charge in [-0.1, -0.05) is 30.0 Å². The number of hydrogen-bond donors (Lipinski definition) is 1. The van der Waals surface area contributed by atoms with Gasteiger partial charge in [0.1, 0.15) is 0 Å². The van der Waals surface area contributed by atoms with Gasteiger partial charge in [-0.2, -0.15) is 0 Å². The normalized spacial score (nSPS) is 10.9. The summed E-state index contributed by atoms with van der Waals surface area (Å²) in [7, 11) is 0. The van der Waals surface area contributed by atoms with E-state index in [-0.39, 0.29) is 17.3 Å². The van der Waals surface area contributed by atoms with Crippen LogP contribution in [0.1, 0.15) is 0 Å². The summed E-state index contributed by atoms with van der Waals surface area (Å²) in [5.41, 5.74) is 2.17. The van der Waals surface area contributed by atoms with E-state index in [1.165, 1.54) is 35.2 Å². The number of nitrogens with one attached hydrogen (secondary N) is 1. The first kappa shape index (κ1) is 18.1. The Morgan fingerprint density at radius 1 is 1.29 bits per heavy atom. The number of thiazole rings is 1. The third-order valence-corrected chi connectivity index (χ3v) is 5.56. The van der Waals surface area contributed by atoms with Crippen LogP contribution in [0.3, 0.4) is 0 Å². The van der Waals surface area contributed by atoms with Crippen LogP contribution in [0, 0.1) is 10.1 Å². The molecule has 10 heteroatoms. The second-order valence-corrected chi connectivity index (χ2v) is 7.52. The highest BCUT2D eigenvalue weighted by atomic mass is 32.2. The van der Waals surface area contributed by atoms with Crippen LogP contribution in [-0.4, -0.2) is 31.0 Å². The number of pyridine rings is 1. The highest BCUT2D eigenvalue weighted by Gasteiger charge is 2.12. The van der Waals surface area contributed by atoms with Crippen molar-refractivity contribution in [1.29, 1.82) is 0 Å². The van der Waals surface area contributed by atoms with Crippen molar-refractivity contribution in [3.63, 3.8) is 0 Å². The molecule has 0 radical (unpaired) electrons. The maximum atomic E-state index is 12.2. The minimum atomic E-state index is -0.449. The molecule has 28 heavy (non-hydrogen) atoms. The number of non-ortho nitro benzene ring substituents is 1. The maximum Gasteiger partial charge on any atom is 0.270 e. The Balaban J connectivity index is 1.40. The van der Waals surface area contributed by atoms with E-state index in [2.05, 4.69) is 15.3 Å². The van der Waals surface area contributed by atoms with E-state index in [0.29, 0.717) is 16.4 Å². The van der Waals surface area contributed by atoms with Gasteiger partial charge in [0.2, 0.25) is 5.91 Å². The van der Waals surface area contributed by atoms with Gasteiger partial charge in [0.05, 0.1) is 28.1 Å². The first-order chi connectivity index (χ1) is 13.6. The molecule has 4 aromatic rings. The number of fused-ring (bicyclic) bond motifs is 1. The molecule has 0 bridgehead atoms. The van der Waals surface area contributed by atoms with Crippen molar-refractivity contribution in [1.82, 2.24) is 14.4 Å². The second kappa shape index (κ2) is 7.79. The monoisotopic (exact) mass is 411 g/mol. The van der Waals surface area contributed by atoms with Gasteiger partial charge in [0.25, 0.3) is 5.69 Å². The van der Waals surface area contributed by atoms with E-state index in [9.17, 15) is 14.9 Å². The molecule has 0 atom stereocenters. The van der Waals surface area contributed by atoms with E-state index in [1.54, 1.807) is 23.7 Å². The number of rotatable bonds is 6. The molecule has 1 N–H and O–H groups in total. The lowest BCUT2D eigenvalue weighted by molar-refractivity contribution is -0.384. The Labute approximate surface area is 167 Å². The number of carbonyl (C=O) groups excluding carboxylic acids is 1. The Hall–Kier alpha value is -3.24. The lowest BCUT2D eigenvalue weighted by atomic mass is 10.1. The van der Waals surface area contributed by atoms with Gasteiger partial charge in [-0.05, 0) is 12.1 Å². The zero-order valence-corrected chi connectivity index (χ0v) is 15.9. The second-order valence-electron chi connectivity index (χ2n) is 5.72. The van der Waals surface area contributed by atoms with Crippen LogP contribution in [0.15, 0.2) is 65.4 Å². The van der Waals surface area contributed by atoms with Crippen molar-refractivity contribution in [3.05, 3.63) is 70.4 Å². The highest BCUT2D eigenvalue weighted by Crippen LogP contribution is 2.27. The van der Waals surface area contributed by atoms with E-state index in [0.717, 1.165) is 10.7 Å². The summed E-state index contributed by atoms with van der Waals surface area (Å²) in [6.45, 7) is 0. The molecule has 0 saturated carbocycles. The van der Waals surface area contributed by atoms with Gasteiger partial charge in [-0.15, -0.1) is 11.3 Å². The van der Waals surface area contributed by atoms with Crippen molar-refractivity contribution in [2.24, 2.45) is 0 Å². The van der Waals surface area contributed by atoms with Gasteiger partial charge in [0.15, 0.2) is 10.3 Å². The summed E-state index contributed by atoms with van der Waals surface area (Å²) in [6, 6.07) is 12.0. The van der Waals surface area contributed by atoms with Crippen molar-refractivity contribution in [2.75, 3.05) is 11.1 Å². The number of anilines is 1. The molecule has 0 spiro atoms. The Morgan fingerprint density at radius 3 is 3.04 bits per heavy atom. The summed E-state index contributed by atoms with van der Waals surface area (Å²) in [6.07, 6.45) is 3.65. The van der Waals surface area contributed by atoms with Crippen LogP contribution in [-0.2, 0) is 4.79 Å². The Morgan fingerprint density at radius 2 is 2.18 bits per heavy atom. The zero-order valence-electron chi connectivity index (χ0n) is 14.3. The molecule has 0 aliphatic heterocycles. The Kier molecular flexibility index (Phi) is 5.04. The van der Waals surface area contributed by atoms with Crippen LogP contribution < -0.4 is 5.32 Å². The number of carbonyl (C=O) groups is 1. The molecular weight excluding hydrogens is 398 g/mol. The molecule has 0 saturated heterocycles. The molecule has 4 rings (SSSR count). The van der Waals surface area contributed by atoms with Crippen LogP contribution in [0.25, 0.3) is 16.8 Å². The standard InChI is InChI=1S/C18H13N5O3S2/c24-16(11-28-18-19-9-14-5-1-2-7-22(14)18)21-17-20-15(10-27-17)12-4-3-6-13(8-12)23(25)26/h1-10H,11H2,(H,20,21,24). The molecule has 0 aliphatic rings. The average Bonchev–Trinajstić information content (AvgIpc) is 3.33. The molecule has 1 amide bonds. The fourth-order valence-corrected chi connectivity index (χ4v) is 4.05. The predicted molar refractivity (Wildman–Crippen MR) is 109 cm³/mol. The zero-order chi connectivity index (χ0) is 19.5. The van der Waals surface area contributed by atoms with Gasteiger partial charge in [0, 0.05) is 29.3 Å². The van der Waals surface area contributed by atoms with E-state index < -0.39 is 4.92 Å². The molecule has 0 fully saturated rings. The van der Waals surface area contributed by atoms with E-state index in [1.807, 2.05) is 28.8 Å². The number of aromatic nitrogens is 3. The minimum Gasteiger partial charge on any atom is -0.301 e. The fourth-order valence-electron chi connectivity index (χ4n) is 2.55. The van der Waals surface area contributed by atoms with E-state index >= 15 is 0 Å². The first-order valence-electron chi connectivity index (χ1n) is 8.15. The van der Waals surface area contributed by atoms with Gasteiger partial charge in [-0.3, -0.25) is 19.3 Å². The van der Waals surface area contributed by atoms with Gasteiger partial charge in [-0.25, -0.2) is 9.97 Å². The first-order valence-corrected chi connectivity index (χ1v) is 10.0. The Bertz CT molecular complexity index is 1170. The minimum absolute atomic E-state index is 0.000546. The number of thioether (sulfide) groups is 1. The van der Waals surface area contributed by atoms with Crippen molar-refractivity contribution >= 4 is 45.3 Å². The van der Waals surface area contributed by atoms with Crippen LogP contribution in [0.4, 0.5) is 10.8 Å². The molecule has 0 unspecified atom stereocenters. The summed E-state index contributed by atoms with van der Waals surface area (Å²) in [5, 5.41) is 16.6. The number of nitro benzene ring substituents is 1. The van der Waals surface area contributed by atoms with Gasteiger partial charge >= 0.3 is 0 Å². The maximum absolute atomic E-state index is 12.2. The summed E-state index contributed by atoms with van der Waals surface area (Å²) < 4.78 is 1.92. The SMILES string of the molecule is O=C(CSc1ncc2ccccn12)Nc1nc(-c2cccc([N+](=O)[O-])c2)cs1. The summed E-state index contributed by atoms with van der Waals surface area (Å²) >= 11 is 2.60. The molecule has 140 valence electrons. The van der Waals surface area contributed by atoms with Crippen molar-refractivity contribution < 1.29 is 9.72 Å². The van der Waals surface area contributed by atoms with E-state index in [4.69, 9.17) is 0 Å². The predicted octanol–water partition coefficient (Wildman–Crippen LogP) is 4.10. The van der Waals surface area contributed by atoms with Crippen LogP contribution in [0.2, 0.25) is 0 Å². The number of imidazole rings is 1. The smallest absolute Gasteiger partial charge is 0.270 e. The number of hydrogen-bond acceptors (Lipinski definition) is 7. The van der Waals surface area contributed by atoms with Crippen LogP contribution >= 0.6 is 23.1 Å². The molecule has 3 aromatic heterocycles. The molecule has 3 heterocycles. The van der Waals surface area contributed by atoms with Crippen molar-refractivity contribution in [3.8, 4) is 11.3 Å². The lowest BCUT2D eigenvalue weighted by Crippen LogP contribution is -2.14. The number of nitro groups is 1. The lowest BCUT2D eigenvalue weighted by Gasteiger charge is -2.02. The highest BCUT2D eigenvalue weighted by molar-refractivity contribution is 7.99. The third-order valence-electron chi connectivity index (χ3n) is 3.84. The summed E-state index contributed by atoms with van der Waals surface area (Å²) in [5.74, 6) is -0.00247. The number of amides is 1. The third kappa shape index (κ3) is 3.87. The number of nitrogens with zero attached hydrogens (tertiary/aromatic N) is 4. The topological polar surface area (TPSA) is 102 Å². The molecular formula is C18H13N5O3S2. The molecule has 8 nitrogen and oxygen atoms in total.